The highest BCUT2D eigenvalue weighted by Gasteiger charge is 2.29. The zero-order valence-electron chi connectivity index (χ0n) is 9.71. The van der Waals surface area contributed by atoms with E-state index in [4.69, 9.17) is 5.73 Å². The first-order chi connectivity index (χ1) is 7.84. The third-order valence-corrected chi connectivity index (χ3v) is 4.13. The lowest BCUT2D eigenvalue weighted by Gasteiger charge is -2.31. The summed E-state index contributed by atoms with van der Waals surface area (Å²) >= 11 is 0. The molecule has 0 radical (unpaired) electrons. The van der Waals surface area contributed by atoms with Crippen molar-refractivity contribution in [3.8, 4) is 0 Å². The van der Waals surface area contributed by atoms with Crippen LogP contribution in [0.3, 0.4) is 0 Å². The van der Waals surface area contributed by atoms with E-state index in [1.165, 1.54) is 36.8 Å². The lowest BCUT2D eigenvalue weighted by Crippen LogP contribution is -2.34. The lowest BCUT2D eigenvalue weighted by atomic mass is 9.85. The maximum Gasteiger partial charge on any atom is 0.0352 e. The predicted octanol–water partition coefficient (Wildman–Crippen LogP) is 2.65. The number of hydrogen-bond acceptors (Lipinski definition) is 2. The van der Waals surface area contributed by atoms with Gasteiger partial charge in [0.25, 0.3) is 0 Å². The Hall–Kier alpha value is -1.02. The van der Waals surface area contributed by atoms with Crippen LogP contribution in [0, 0.1) is 5.92 Å². The lowest BCUT2D eigenvalue weighted by molar-refractivity contribution is 0.354. The average Bonchev–Trinajstić information content (AvgIpc) is 2.81. The van der Waals surface area contributed by atoms with Crippen molar-refractivity contribution >= 4 is 5.69 Å². The largest absolute Gasteiger partial charge is 0.399 e. The summed E-state index contributed by atoms with van der Waals surface area (Å²) in [5.41, 5.74) is 9.80. The van der Waals surface area contributed by atoms with E-state index in [2.05, 4.69) is 17.4 Å². The minimum absolute atomic E-state index is 0.565. The number of rotatable bonds is 1. The second-order valence-corrected chi connectivity index (χ2v) is 5.18. The van der Waals surface area contributed by atoms with E-state index in [0.29, 0.717) is 6.04 Å². The van der Waals surface area contributed by atoms with Crippen LogP contribution in [-0.4, -0.2) is 6.54 Å². The Kier molecular flexibility index (Phi) is 2.60. The maximum absolute atomic E-state index is 5.91. The highest BCUT2D eigenvalue weighted by Crippen LogP contribution is 2.38. The number of hydrogen-bond donors (Lipinski definition) is 2. The quantitative estimate of drug-likeness (QED) is 0.708. The standard InChI is InChI=1S/C14H20N2/c15-12-6-5-10-7-8-16-14(13(10)9-12)11-3-1-2-4-11/h5-6,9,11,14,16H,1-4,7-8,15H2/t14-/m0/s1. The minimum atomic E-state index is 0.565. The first-order valence-corrected chi connectivity index (χ1v) is 6.46. The second kappa shape index (κ2) is 4.10. The molecule has 1 aromatic carbocycles. The van der Waals surface area contributed by atoms with E-state index in [9.17, 15) is 0 Å². The van der Waals surface area contributed by atoms with E-state index in [1.54, 1.807) is 0 Å². The van der Waals surface area contributed by atoms with Gasteiger partial charge >= 0.3 is 0 Å². The molecule has 86 valence electrons. The molecule has 0 saturated heterocycles. The molecular weight excluding hydrogens is 196 g/mol. The molecule has 16 heavy (non-hydrogen) atoms. The number of fused-ring (bicyclic) bond motifs is 1. The summed E-state index contributed by atoms with van der Waals surface area (Å²) in [5, 5.41) is 3.69. The summed E-state index contributed by atoms with van der Waals surface area (Å²) in [6.07, 6.45) is 6.72. The number of nitrogens with two attached hydrogens (primary N) is 1. The highest BCUT2D eigenvalue weighted by atomic mass is 14.9. The summed E-state index contributed by atoms with van der Waals surface area (Å²) < 4.78 is 0. The Balaban J connectivity index is 1.94. The molecule has 3 rings (SSSR count). The first kappa shape index (κ1) is 10.2. The molecule has 0 aromatic heterocycles. The van der Waals surface area contributed by atoms with Crippen molar-refractivity contribution in [2.24, 2.45) is 5.92 Å². The molecule has 2 nitrogen and oxygen atoms in total. The van der Waals surface area contributed by atoms with Gasteiger partial charge in [-0.05, 0) is 55.0 Å². The number of nitrogen functional groups attached to an aromatic ring is 1. The van der Waals surface area contributed by atoms with Gasteiger partial charge in [0.2, 0.25) is 0 Å². The monoisotopic (exact) mass is 216 g/mol. The third-order valence-electron chi connectivity index (χ3n) is 4.13. The van der Waals surface area contributed by atoms with Gasteiger partial charge in [-0.25, -0.2) is 0 Å². The first-order valence-electron chi connectivity index (χ1n) is 6.46. The van der Waals surface area contributed by atoms with E-state index >= 15 is 0 Å². The Morgan fingerprint density at radius 3 is 2.81 bits per heavy atom. The van der Waals surface area contributed by atoms with E-state index in [1.807, 2.05) is 6.07 Å². The van der Waals surface area contributed by atoms with Crippen LogP contribution in [0.25, 0.3) is 0 Å². The summed E-state index contributed by atoms with van der Waals surface area (Å²) in [6, 6.07) is 7.00. The molecule has 1 atom stereocenters. The van der Waals surface area contributed by atoms with Crippen molar-refractivity contribution in [1.82, 2.24) is 5.32 Å². The van der Waals surface area contributed by atoms with Crippen LogP contribution in [-0.2, 0) is 6.42 Å². The normalized spacial score (nSPS) is 25.6. The molecule has 1 aromatic rings. The average molecular weight is 216 g/mol. The van der Waals surface area contributed by atoms with Crippen LogP contribution in [0.15, 0.2) is 18.2 Å². The van der Waals surface area contributed by atoms with Crippen LogP contribution < -0.4 is 11.1 Å². The van der Waals surface area contributed by atoms with Gasteiger partial charge in [0.05, 0.1) is 0 Å². The van der Waals surface area contributed by atoms with Crippen molar-refractivity contribution in [2.45, 2.75) is 38.1 Å². The molecule has 1 saturated carbocycles. The van der Waals surface area contributed by atoms with Crippen molar-refractivity contribution < 1.29 is 0 Å². The van der Waals surface area contributed by atoms with Gasteiger partial charge in [0, 0.05) is 11.7 Å². The second-order valence-electron chi connectivity index (χ2n) is 5.18. The maximum atomic E-state index is 5.91. The molecule has 1 fully saturated rings. The zero-order valence-corrected chi connectivity index (χ0v) is 9.71. The van der Waals surface area contributed by atoms with Gasteiger partial charge in [0.1, 0.15) is 0 Å². The zero-order chi connectivity index (χ0) is 11.0. The van der Waals surface area contributed by atoms with Gasteiger partial charge in [-0.2, -0.15) is 0 Å². The van der Waals surface area contributed by atoms with Gasteiger partial charge in [-0.1, -0.05) is 18.9 Å². The summed E-state index contributed by atoms with van der Waals surface area (Å²) in [6.45, 7) is 1.12. The van der Waals surface area contributed by atoms with Crippen molar-refractivity contribution in [3.05, 3.63) is 29.3 Å². The number of nitrogens with one attached hydrogen (secondary N) is 1. The number of benzene rings is 1. The van der Waals surface area contributed by atoms with Gasteiger partial charge in [-0.3, -0.25) is 0 Å². The molecule has 0 spiro atoms. The van der Waals surface area contributed by atoms with Crippen molar-refractivity contribution in [2.75, 3.05) is 12.3 Å². The molecule has 3 N–H and O–H groups in total. The third kappa shape index (κ3) is 1.71. The van der Waals surface area contributed by atoms with Crippen LogP contribution in [0.4, 0.5) is 5.69 Å². The van der Waals surface area contributed by atoms with Gasteiger partial charge in [-0.15, -0.1) is 0 Å². The molecule has 0 amide bonds. The molecule has 1 heterocycles. The predicted molar refractivity (Wildman–Crippen MR) is 67.3 cm³/mol. The molecule has 1 aliphatic heterocycles. The number of anilines is 1. The summed E-state index contributed by atoms with van der Waals surface area (Å²) in [7, 11) is 0. The topological polar surface area (TPSA) is 38.0 Å². The van der Waals surface area contributed by atoms with Crippen LogP contribution in [0.2, 0.25) is 0 Å². The Morgan fingerprint density at radius 2 is 2.00 bits per heavy atom. The highest BCUT2D eigenvalue weighted by molar-refractivity contribution is 5.47. The molecule has 1 aliphatic carbocycles. The van der Waals surface area contributed by atoms with Crippen molar-refractivity contribution in [1.29, 1.82) is 0 Å². The SMILES string of the molecule is Nc1ccc2c(c1)[C@H](C1CCCC1)NCC2. The minimum Gasteiger partial charge on any atom is -0.399 e. The molecule has 2 heteroatoms. The fourth-order valence-corrected chi connectivity index (χ4v) is 3.31. The van der Waals surface area contributed by atoms with Crippen LogP contribution >= 0.6 is 0 Å². The Labute approximate surface area is 97.2 Å². The van der Waals surface area contributed by atoms with E-state index < -0.39 is 0 Å². The Morgan fingerprint density at radius 1 is 1.19 bits per heavy atom. The van der Waals surface area contributed by atoms with Crippen LogP contribution in [0.1, 0.15) is 42.9 Å². The molecular formula is C14H20N2. The van der Waals surface area contributed by atoms with Gasteiger partial charge in [0.15, 0.2) is 0 Å². The Bertz CT molecular complexity index is 380. The summed E-state index contributed by atoms with van der Waals surface area (Å²) in [4.78, 5) is 0. The molecule has 0 unspecified atom stereocenters. The van der Waals surface area contributed by atoms with E-state index in [-0.39, 0.29) is 0 Å². The fraction of sp³-hybridized carbons (Fsp3) is 0.571. The van der Waals surface area contributed by atoms with Gasteiger partial charge < -0.3 is 11.1 Å². The van der Waals surface area contributed by atoms with Crippen molar-refractivity contribution in [3.63, 3.8) is 0 Å². The van der Waals surface area contributed by atoms with Crippen LogP contribution in [0.5, 0.6) is 0 Å². The molecule has 2 aliphatic rings. The summed E-state index contributed by atoms with van der Waals surface area (Å²) in [5.74, 6) is 0.834. The van der Waals surface area contributed by atoms with E-state index in [0.717, 1.165) is 24.6 Å². The fourth-order valence-electron chi connectivity index (χ4n) is 3.31. The smallest absolute Gasteiger partial charge is 0.0352 e. The molecule has 0 bridgehead atoms.